The van der Waals surface area contributed by atoms with Gasteiger partial charge in [-0.25, -0.2) is 0 Å². The number of benzene rings is 2. The quantitative estimate of drug-likeness (QED) is 0.444. The van der Waals surface area contributed by atoms with E-state index in [2.05, 4.69) is 15.5 Å². The molecule has 3 aromatic rings. The van der Waals surface area contributed by atoms with E-state index in [1.165, 1.54) is 11.1 Å². The summed E-state index contributed by atoms with van der Waals surface area (Å²) in [5.74, 6) is -1.56. The number of hydrogen-bond acceptors (Lipinski definition) is 6. The van der Waals surface area contributed by atoms with Gasteiger partial charge in [-0.15, -0.1) is 0 Å². The molecule has 3 amide bonds. The molecule has 4 N–H and O–H groups in total. The van der Waals surface area contributed by atoms with Crippen LogP contribution >= 0.6 is 0 Å². The number of nitrogens with zero attached hydrogens (tertiary/aromatic N) is 3. The summed E-state index contributed by atoms with van der Waals surface area (Å²) in [5, 5.41) is 20.5. The molecule has 4 rings (SSSR count). The highest BCUT2D eigenvalue weighted by molar-refractivity contribution is 5.92. The first-order valence-electron chi connectivity index (χ1n) is 11.4. The average Bonchev–Trinajstić information content (AvgIpc) is 3.27. The van der Waals surface area contributed by atoms with E-state index in [-0.39, 0.29) is 31.7 Å². The molecule has 3 atom stereocenters. The lowest BCUT2D eigenvalue weighted by atomic mass is 10.00. The maximum atomic E-state index is 13.1. The molecule has 1 aliphatic rings. The second-order valence-electron chi connectivity index (χ2n) is 8.57. The summed E-state index contributed by atoms with van der Waals surface area (Å²) < 4.78 is 0. The number of hydrogen-bond donors (Lipinski definition) is 3. The van der Waals surface area contributed by atoms with Crippen molar-refractivity contribution in [1.82, 2.24) is 20.4 Å². The number of likely N-dealkylation sites (tertiary alicyclic amines) is 1. The molecule has 0 radical (unpaired) electrons. The fraction of sp³-hybridized carbons (Fsp3) is 0.269. The average molecular weight is 474 g/mol. The Morgan fingerprint density at radius 2 is 1.74 bits per heavy atom. The van der Waals surface area contributed by atoms with Crippen LogP contribution < -0.4 is 11.1 Å². The Hall–Kier alpha value is -4.11. The van der Waals surface area contributed by atoms with Crippen molar-refractivity contribution in [2.45, 2.75) is 37.5 Å². The van der Waals surface area contributed by atoms with E-state index in [1.807, 2.05) is 54.6 Å². The van der Waals surface area contributed by atoms with Crippen LogP contribution in [0, 0.1) is 0 Å². The Balaban J connectivity index is 1.42. The van der Waals surface area contributed by atoms with E-state index in [4.69, 9.17) is 5.73 Å². The van der Waals surface area contributed by atoms with Gasteiger partial charge in [0.1, 0.15) is 12.1 Å². The summed E-state index contributed by atoms with van der Waals surface area (Å²) in [6, 6.07) is 19.0. The number of carbonyl (C=O) groups excluding carboxylic acids is 3. The molecule has 1 aliphatic heterocycles. The SMILES string of the molecule is NC(=O)[C@@H](Cc1ccc(-c2ccccc2)cc1)NC(=O)[C@@H]1C[C@@H](O)CN1C(=O)Cc1cccnn1. The van der Waals surface area contributed by atoms with Gasteiger partial charge in [-0.1, -0.05) is 54.6 Å². The van der Waals surface area contributed by atoms with Crippen LogP contribution in [0.5, 0.6) is 0 Å². The number of amides is 3. The summed E-state index contributed by atoms with van der Waals surface area (Å²) in [6.07, 6.45) is 0.906. The Morgan fingerprint density at radius 3 is 2.40 bits per heavy atom. The Labute approximate surface area is 203 Å². The number of carbonyl (C=O) groups is 3. The smallest absolute Gasteiger partial charge is 0.243 e. The van der Waals surface area contributed by atoms with E-state index in [1.54, 1.807) is 12.1 Å². The molecule has 35 heavy (non-hydrogen) atoms. The van der Waals surface area contributed by atoms with Crippen molar-refractivity contribution in [3.8, 4) is 11.1 Å². The molecule has 0 bridgehead atoms. The first kappa shape index (κ1) is 24.0. The third-order valence-corrected chi connectivity index (χ3v) is 6.02. The van der Waals surface area contributed by atoms with Gasteiger partial charge in [-0.3, -0.25) is 14.4 Å². The highest BCUT2D eigenvalue weighted by atomic mass is 16.3. The van der Waals surface area contributed by atoms with E-state index >= 15 is 0 Å². The van der Waals surface area contributed by atoms with Crippen LogP contribution in [-0.4, -0.2) is 62.7 Å². The number of nitrogens with two attached hydrogens (primary N) is 1. The number of nitrogens with one attached hydrogen (secondary N) is 1. The summed E-state index contributed by atoms with van der Waals surface area (Å²) in [7, 11) is 0. The molecular weight excluding hydrogens is 446 g/mol. The Kier molecular flexibility index (Phi) is 7.47. The normalized spacial score (nSPS) is 18.1. The highest BCUT2D eigenvalue weighted by Gasteiger charge is 2.39. The molecule has 0 spiro atoms. The van der Waals surface area contributed by atoms with Crippen LogP contribution in [0.4, 0.5) is 0 Å². The van der Waals surface area contributed by atoms with E-state index in [0.29, 0.717) is 5.69 Å². The van der Waals surface area contributed by atoms with Crippen molar-refractivity contribution in [3.05, 3.63) is 84.2 Å². The fourth-order valence-electron chi connectivity index (χ4n) is 4.21. The molecule has 1 saturated heterocycles. The van der Waals surface area contributed by atoms with Crippen molar-refractivity contribution >= 4 is 17.7 Å². The topological polar surface area (TPSA) is 139 Å². The first-order chi connectivity index (χ1) is 16.9. The van der Waals surface area contributed by atoms with Gasteiger partial charge in [0, 0.05) is 25.6 Å². The van der Waals surface area contributed by atoms with Gasteiger partial charge >= 0.3 is 0 Å². The van der Waals surface area contributed by atoms with Crippen molar-refractivity contribution in [1.29, 1.82) is 0 Å². The molecule has 9 nitrogen and oxygen atoms in total. The standard InChI is InChI=1S/C26H27N5O4/c27-25(34)22(13-17-8-10-19(11-9-17)18-5-2-1-3-6-18)29-26(35)23-15-21(32)16-31(23)24(33)14-20-7-4-12-28-30-20/h1-12,21-23,32H,13-16H2,(H2,27,34)(H,29,35)/t21-,22-,23+/m1/s1. The number of aliphatic hydroxyl groups excluding tert-OH is 1. The molecule has 1 aromatic heterocycles. The lowest BCUT2D eigenvalue weighted by Gasteiger charge is -2.25. The number of β-amino-alcohol motifs (C(OH)–C–C–N with tert-alkyl or cyclic N) is 1. The summed E-state index contributed by atoms with van der Waals surface area (Å²) in [4.78, 5) is 39.3. The predicted octanol–water partition coefficient (Wildman–Crippen LogP) is 0.861. The summed E-state index contributed by atoms with van der Waals surface area (Å²) in [5.41, 5.74) is 8.98. The van der Waals surface area contributed by atoms with Crippen LogP contribution in [0.1, 0.15) is 17.7 Å². The van der Waals surface area contributed by atoms with Crippen LogP contribution in [0.15, 0.2) is 72.9 Å². The van der Waals surface area contributed by atoms with Crippen molar-refractivity contribution in [3.63, 3.8) is 0 Å². The molecular formula is C26H27N5O4. The molecule has 0 unspecified atom stereocenters. The second-order valence-corrected chi connectivity index (χ2v) is 8.57. The van der Waals surface area contributed by atoms with E-state index < -0.39 is 30.0 Å². The Morgan fingerprint density at radius 1 is 1.03 bits per heavy atom. The molecule has 2 aromatic carbocycles. The van der Waals surface area contributed by atoms with Crippen molar-refractivity contribution in [2.75, 3.05) is 6.54 Å². The number of rotatable bonds is 8. The van der Waals surface area contributed by atoms with Crippen LogP contribution in [-0.2, 0) is 27.2 Å². The van der Waals surface area contributed by atoms with Gasteiger partial charge in [0.05, 0.1) is 18.2 Å². The van der Waals surface area contributed by atoms with Gasteiger partial charge in [0.25, 0.3) is 0 Å². The zero-order chi connectivity index (χ0) is 24.8. The second kappa shape index (κ2) is 10.9. The molecule has 0 saturated carbocycles. The maximum absolute atomic E-state index is 13.1. The van der Waals surface area contributed by atoms with Gasteiger partial charge in [-0.2, -0.15) is 10.2 Å². The highest BCUT2D eigenvalue weighted by Crippen LogP contribution is 2.21. The van der Waals surface area contributed by atoms with Gasteiger partial charge < -0.3 is 21.1 Å². The van der Waals surface area contributed by atoms with Crippen molar-refractivity contribution < 1.29 is 19.5 Å². The van der Waals surface area contributed by atoms with Crippen LogP contribution in [0.3, 0.4) is 0 Å². The summed E-state index contributed by atoms with van der Waals surface area (Å²) >= 11 is 0. The predicted molar refractivity (Wildman–Crippen MR) is 129 cm³/mol. The molecule has 180 valence electrons. The maximum Gasteiger partial charge on any atom is 0.243 e. The minimum absolute atomic E-state index is 0.0272. The third-order valence-electron chi connectivity index (χ3n) is 6.02. The van der Waals surface area contributed by atoms with E-state index in [9.17, 15) is 19.5 Å². The van der Waals surface area contributed by atoms with Crippen LogP contribution in [0.25, 0.3) is 11.1 Å². The Bertz CT molecular complexity index is 1170. The lowest BCUT2D eigenvalue weighted by Crippen LogP contribution is -2.53. The zero-order valence-electron chi connectivity index (χ0n) is 19.1. The molecule has 0 aliphatic carbocycles. The van der Waals surface area contributed by atoms with E-state index in [0.717, 1.165) is 16.7 Å². The van der Waals surface area contributed by atoms with Gasteiger partial charge in [0.2, 0.25) is 17.7 Å². The number of primary amides is 1. The molecule has 2 heterocycles. The zero-order valence-corrected chi connectivity index (χ0v) is 19.1. The minimum atomic E-state index is -0.959. The van der Waals surface area contributed by atoms with Gasteiger partial charge in [-0.05, 0) is 28.8 Å². The number of aliphatic hydroxyl groups is 1. The fourth-order valence-corrected chi connectivity index (χ4v) is 4.21. The minimum Gasteiger partial charge on any atom is -0.391 e. The first-order valence-corrected chi connectivity index (χ1v) is 11.4. The molecule has 1 fully saturated rings. The third kappa shape index (κ3) is 6.07. The number of aromatic nitrogens is 2. The summed E-state index contributed by atoms with van der Waals surface area (Å²) in [6.45, 7) is 0.0272. The monoisotopic (exact) mass is 473 g/mol. The van der Waals surface area contributed by atoms with Gasteiger partial charge in [0.15, 0.2) is 0 Å². The molecule has 9 heteroatoms. The lowest BCUT2D eigenvalue weighted by molar-refractivity contribution is -0.139. The van der Waals surface area contributed by atoms with Crippen LogP contribution in [0.2, 0.25) is 0 Å². The van der Waals surface area contributed by atoms with Crippen molar-refractivity contribution in [2.24, 2.45) is 5.73 Å². The largest absolute Gasteiger partial charge is 0.391 e.